The van der Waals surface area contributed by atoms with Gasteiger partial charge < -0.3 is 24.6 Å². The molecule has 0 saturated heterocycles. The number of ether oxygens (including phenoxy) is 3. The van der Waals surface area contributed by atoms with E-state index in [0.29, 0.717) is 29.7 Å². The van der Waals surface area contributed by atoms with Gasteiger partial charge in [0.15, 0.2) is 17.3 Å². The van der Waals surface area contributed by atoms with Gasteiger partial charge >= 0.3 is 5.97 Å². The summed E-state index contributed by atoms with van der Waals surface area (Å²) in [7, 11) is 3.07. The van der Waals surface area contributed by atoms with Gasteiger partial charge in [-0.1, -0.05) is 24.8 Å². The fraction of sp³-hybridized carbons (Fsp3) is 0.333. The Kier molecular flexibility index (Phi) is 6.63. The van der Waals surface area contributed by atoms with Crippen molar-refractivity contribution in [1.29, 1.82) is 0 Å². The molecule has 34 heavy (non-hydrogen) atoms. The summed E-state index contributed by atoms with van der Waals surface area (Å²) in [5.74, 6) is -0.862. The topological polar surface area (TPSA) is 94.1 Å². The number of phenols is 1. The van der Waals surface area contributed by atoms with E-state index in [2.05, 4.69) is 11.9 Å². The van der Waals surface area contributed by atoms with E-state index in [0.717, 1.165) is 17.0 Å². The number of allylic oxidation sites excluding steroid dienone is 2. The summed E-state index contributed by atoms with van der Waals surface area (Å²) in [5, 5.41) is 13.4. The molecule has 3 unspecified atom stereocenters. The van der Waals surface area contributed by atoms with Crippen LogP contribution >= 0.6 is 0 Å². The Bertz CT molecular complexity index is 1150. The van der Waals surface area contributed by atoms with E-state index in [9.17, 15) is 14.7 Å². The molecular weight excluding hydrogens is 434 g/mol. The lowest BCUT2D eigenvalue weighted by molar-refractivity contribution is -0.147. The molecule has 0 fully saturated rings. The molecule has 0 amide bonds. The first-order valence-electron chi connectivity index (χ1n) is 11.3. The fourth-order valence-electron chi connectivity index (χ4n) is 4.92. The second kappa shape index (κ2) is 9.63. The second-order valence-corrected chi connectivity index (χ2v) is 8.48. The predicted molar refractivity (Wildman–Crippen MR) is 127 cm³/mol. The molecule has 1 aliphatic heterocycles. The average molecular weight is 464 g/mol. The van der Waals surface area contributed by atoms with E-state index < -0.39 is 17.8 Å². The Morgan fingerprint density at radius 2 is 1.79 bits per heavy atom. The normalized spacial score (nSPS) is 22.0. The predicted octanol–water partition coefficient (Wildman–Crippen LogP) is 4.19. The molecule has 4 rings (SSSR count). The Labute approximate surface area is 199 Å². The highest BCUT2D eigenvalue weighted by molar-refractivity contribution is 6.01. The summed E-state index contributed by atoms with van der Waals surface area (Å²) in [6.45, 7) is 6.07. The molecular formula is C27H29NO6. The lowest BCUT2D eigenvalue weighted by Crippen LogP contribution is -2.42. The molecule has 0 aromatic heterocycles. The third kappa shape index (κ3) is 4.25. The minimum absolute atomic E-state index is 0.00777. The van der Waals surface area contributed by atoms with Gasteiger partial charge in [-0.05, 0) is 54.7 Å². The molecule has 3 atom stereocenters. The van der Waals surface area contributed by atoms with E-state index in [1.165, 1.54) is 13.2 Å². The number of phenolic OH excluding ortho intramolecular Hbond substituents is 1. The van der Waals surface area contributed by atoms with Gasteiger partial charge in [0.05, 0.1) is 20.8 Å². The van der Waals surface area contributed by atoms with Gasteiger partial charge in [0.25, 0.3) is 0 Å². The fourth-order valence-corrected chi connectivity index (χ4v) is 4.92. The zero-order chi connectivity index (χ0) is 24.4. The van der Waals surface area contributed by atoms with Gasteiger partial charge in [-0.15, -0.1) is 0 Å². The van der Waals surface area contributed by atoms with Gasteiger partial charge in [0.2, 0.25) is 0 Å². The maximum absolute atomic E-state index is 13.6. The van der Waals surface area contributed by atoms with Crippen LogP contribution in [0.3, 0.4) is 0 Å². The molecule has 0 bridgehead atoms. The van der Waals surface area contributed by atoms with Crippen molar-refractivity contribution in [2.45, 2.75) is 31.6 Å². The Hall–Kier alpha value is -3.74. The van der Waals surface area contributed by atoms with E-state index >= 15 is 0 Å². The standard InChI is InChI=1S/C27H29NO6/c1-5-34-27(31)24-15(2)28-20-12-18(16-6-9-19(32-3)10-7-16)13-22(30)26(20)25(24)17-8-11-21(29)23(14-17)33-4/h6-11,14,18,24-25,28-29H,2,5,12-13H2,1,3-4H3. The van der Waals surface area contributed by atoms with Gasteiger partial charge in [-0.2, -0.15) is 0 Å². The molecule has 7 heteroatoms. The highest BCUT2D eigenvalue weighted by Crippen LogP contribution is 2.48. The number of Topliss-reactive ketones (excluding diaryl/α,β-unsaturated/α-hetero) is 1. The number of ketones is 1. The third-order valence-electron chi connectivity index (χ3n) is 6.53. The number of hydrogen-bond donors (Lipinski definition) is 2. The van der Waals surface area contributed by atoms with Gasteiger partial charge in [0, 0.05) is 29.3 Å². The lowest BCUT2D eigenvalue weighted by Gasteiger charge is -2.40. The van der Waals surface area contributed by atoms with Crippen LogP contribution in [-0.4, -0.2) is 37.7 Å². The highest BCUT2D eigenvalue weighted by atomic mass is 16.5. The highest BCUT2D eigenvalue weighted by Gasteiger charge is 2.45. The smallest absolute Gasteiger partial charge is 0.315 e. The molecule has 2 aromatic rings. The van der Waals surface area contributed by atoms with Crippen LogP contribution in [0.1, 0.15) is 42.7 Å². The van der Waals surface area contributed by atoms with Crippen LogP contribution in [0.4, 0.5) is 0 Å². The summed E-state index contributed by atoms with van der Waals surface area (Å²) in [6.07, 6.45) is 0.925. The monoisotopic (exact) mass is 463 g/mol. The number of hydrogen-bond acceptors (Lipinski definition) is 7. The first-order valence-corrected chi connectivity index (χ1v) is 11.3. The molecule has 7 nitrogen and oxygen atoms in total. The molecule has 1 heterocycles. The van der Waals surface area contributed by atoms with Crippen molar-refractivity contribution in [3.8, 4) is 17.2 Å². The summed E-state index contributed by atoms with van der Waals surface area (Å²) in [4.78, 5) is 26.6. The molecule has 2 aromatic carbocycles. The van der Waals surface area contributed by atoms with Crippen molar-refractivity contribution in [3.63, 3.8) is 0 Å². The van der Waals surface area contributed by atoms with Crippen LogP contribution in [0.15, 0.2) is 66.0 Å². The third-order valence-corrected chi connectivity index (χ3v) is 6.53. The van der Waals surface area contributed by atoms with Crippen LogP contribution in [0.5, 0.6) is 17.2 Å². The number of rotatable bonds is 6. The number of esters is 1. The zero-order valence-corrected chi connectivity index (χ0v) is 19.6. The zero-order valence-electron chi connectivity index (χ0n) is 19.6. The van der Waals surface area contributed by atoms with Crippen molar-refractivity contribution >= 4 is 11.8 Å². The maximum Gasteiger partial charge on any atom is 0.315 e. The van der Waals surface area contributed by atoms with Crippen LogP contribution in [0.25, 0.3) is 0 Å². The minimum atomic E-state index is -0.783. The van der Waals surface area contributed by atoms with Crippen LogP contribution in [-0.2, 0) is 14.3 Å². The van der Waals surface area contributed by atoms with Gasteiger partial charge in [0.1, 0.15) is 11.7 Å². The Morgan fingerprint density at radius 3 is 2.44 bits per heavy atom. The van der Waals surface area contributed by atoms with Crippen molar-refractivity contribution < 1.29 is 28.9 Å². The van der Waals surface area contributed by atoms with Crippen LogP contribution in [0.2, 0.25) is 0 Å². The molecule has 2 aliphatic rings. The number of carbonyl (C=O) groups excluding carboxylic acids is 2. The number of benzene rings is 2. The number of nitrogens with one attached hydrogen (secondary N) is 1. The lowest BCUT2D eigenvalue weighted by atomic mass is 9.69. The SMILES string of the molecule is C=C1NC2=C(C(=O)CC(c3ccc(OC)cc3)C2)C(c2ccc(O)c(OC)c2)C1C(=O)OCC. The van der Waals surface area contributed by atoms with E-state index in [4.69, 9.17) is 14.2 Å². The number of aromatic hydroxyl groups is 1. The summed E-state index contributed by atoms with van der Waals surface area (Å²) < 4.78 is 15.9. The van der Waals surface area contributed by atoms with Crippen molar-refractivity contribution in [2.75, 3.05) is 20.8 Å². The molecule has 1 aliphatic carbocycles. The molecule has 0 spiro atoms. The maximum atomic E-state index is 13.6. The number of methoxy groups -OCH3 is 2. The van der Waals surface area contributed by atoms with Gasteiger partial charge in [-0.3, -0.25) is 9.59 Å². The summed E-state index contributed by atoms with van der Waals surface area (Å²) in [6, 6.07) is 12.6. The van der Waals surface area contributed by atoms with Crippen LogP contribution < -0.4 is 14.8 Å². The second-order valence-electron chi connectivity index (χ2n) is 8.48. The largest absolute Gasteiger partial charge is 0.504 e. The Morgan fingerprint density at radius 1 is 1.09 bits per heavy atom. The summed E-state index contributed by atoms with van der Waals surface area (Å²) >= 11 is 0. The molecule has 2 N–H and O–H groups in total. The van der Waals surface area contributed by atoms with E-state index in [1.54, 1.807) is 26.2 Å². The quantitative estimate of drug-likeness (QED) is 0.621. The summed E-state index contributed by atoms with van der Waals surface area (Å²) in [5.41, 5.74) is 3.53. The van der Waals surface area contributed by atoms with E-state index in [-0.39, 0.29) is 29.8 Å². The first-order chi connectivity index (χ1) is 16.4. The first kappa shape index (κ1) is 23.4. The van der Waals surface area contributed by atoms with Gasteiger partial charge in [-0.25, -0.2) is 0 Å². The molecule has 0 saturated carbocycles. The molecule has 178 valence electrons. The van der Waals surface area contributed by atoms with E-state index in [1.807, 2.05) is 24.3 Å². The van der Waals surface area contributed by atoms with Crippen LogP contribution in [0, 0.1) is 5.92 Å². The Balaban J connectivity index is 1.79. The van der Waals surface area contributed by atoms with Crippen molar-refractivity contribution in [1.82, 2.24) is 5.32 Å². The average Bonchev–Trinajstić information content (AvgIpc) is 2.83. The van der Waals surface area contributed by atoms with Crippen molar-refractivity contribution in [3.05, 3.63) is 77.1 Å². The minimum Gasteiger partial charge on any atom is -0.504 e. The van der Waals surface area contributed by atoms with Crippen molar-refractivity contribution in [2.24, 2.45) is 5.92 Å². The number of carbonyl (C=O) groups is 2. The molecule has 0 radical (unpaired) electrons.